The van der Waals surface area contributed by atoms with Gasteiger partial charge < -0.3 is 24.4 Å². The van der Waals surface area contributed by atoms with E-state index in [4.69, 9.17) is 14.2 Å². The minimum absolute atomic E-state index is 0.0200. The molecule has 1 saturated heterocycles. The Morgan fingerprint density at radius 1 is 1.10 bits per heavy atom. The molecule has 234 valence electrons. The Hall–Kier alpha value is -1.61. The van der Waals surface area contributed by atoms with Crippen molar-refractivity contribution in [2.24, 2.45) is 17.8 Å². The maximum atomic E-state index is 14.7. The molecular formula is C33H52F2O6. The van der Waals surface area contributed by atoms with Gasteiger partial charge in [-0.05, 0) is 68.3 Å². The number of carbonyl (C=O) groups excluding carboxylic acids is 1. The quantitative estimate of drug-likeness (QED) is 0.141. The summed E-state index contributed by atoms with van der Waals surface area (Å²) in [6, 6.07) is 9.61. The molecule has 1 aliphatic carbocycles. The number of aliphatic hydroxyl groups is 2. The summed E-state index contributed by atoms with van der Waals surface area (Å²) in [6.07, 6.45) is 5.64. The summed E-state index contributed by atoms with van der Waals surface area (Å²) in [5, 5.41) is 21.4. The Morgan fingerprint density at radius 3 is 2.56 bits per heavy atom. The predicted octanol–water partition coefficient (Wildman–Crippen LogP) is 7.19. The standard InChI is InChI=1S/C33H52F2O6/c1-3-24(2)22-33(34,35)30(37)19-18-27-26(28(36)21-29(27)41-32-17-11-12-20-39-32)15-9-4-5-10-16-31(38)40-23-25-13-7-6-8-14-25/h6-8,13-14,24,26-30,32,36-37H,3-5,9-12,15-23H2,1-2H3/t24-,26?,27+,28?,29?,30?,32?/m0/s1. The molecule has 7 atom stereocenters. The molecule has 1 heterocycles. The van der Waals surface area contributed by atoms with Crippen LogP contribution in [0.5, 0.6) is 0 Å². The molecule has 0 bridgehead atoms. The van der Waals surface area contributed by atoms with Crippen LogP contribution in [0.3, 0.4) is 0 Å². The van der Waals surface area contributed by atoms with E-state index in [-0.39, 0.29) is 55.6 Å². The fourth-order valence-corrected chi connectivity index (χ4v) is 6.24. The van der Waals surface area contributed by atoms with E-state index >= 15 is 0 Å². The van der Waals surface area contributed by atoms with E-state index in [9.17, 15) is 23.8 Å². The molecule has 2 N–H and O–H groups in total. The fraction of sp³-hybridized carbons (Fsp3) is 0.788. The predicted molar refractivity (Wildman–Crippen MR) is 154 cm³/mol. The second-order valence-electron chi connectivity index (χ2n) is 12.3. The number of halogens is 2. The fourth-order valence-electron chi connectivity index (χ4n) is 6.24. The molecule has 5 unspecified atom stereocenters. The van der Waals surface area contributed by atoms with Gasteiger partial charge in [0.15, 0.2) is 6.29 Å². The maximum absolute atomic E-state index is 14.7. The Bertz CT molecular complexity index is 863. The largest absolute Gasteiger partial charge is 0.461 e. The van der Waals surface area contributed by atoms with Crippen LogP contribution in [0.4, 0.5) is 8.78 Å². The van der Waals surface area contributed by atoms with Gasteiger partial charge in [-0.2, -0.15) is 0 Å². The molecule has 0 amide bonds. The van der Waals surface area contributed by atoms with Crippen molar-refractivity contribution in [3.8, 4) is 0 Å². The highest BCUT2D eigenvalue weighted by molar-refractivity contribution is 5.69. The molecule has 3 rings (SSSR count). The third-order valence-corrected chi connectivity index (χ3v) is 8.95. The number of ether oxygens (including phenoxy) is 3. The second-order valence-corrected chi connectivity index (χ2v) is 12.3. The van der Waals surface area contributed by atoms with Crippen molar-refractivity contribution in [2.45, 2.75) is 141 Å². The van der Waals surface area contributed by atoms with Crippen LogP contribution in [0.15, 0.2) is 30.3 Å². The molecule has 2 fully saturated rings. The highest BCUT2D eigenvalue weighted by Crippen LogP contribution is 2.43. The van der Waals surface area contributed by atoms with Gasteiger partial charge in [0.1, 0.15) is 12.7 Å². The first-order valence-electron chi connectivity index (χ1n) is 15.9. The van der Waals surface area contributed by atoms with Crippen LogP contribution in [-0.4, -0.2) is 53.3 Å². The van der Waals surface area contributed by atoms with E-state index in [2.05, 4.69) is 0 Å². The molecule has 2 aliphatic rings. The summed E-state index contributed by atoms with van der Waals surface area (Å²) in [5.41, 5.74) is 0.967. The highest BCUT2D eigenvalue weighted by Gasteiger charge is 2.45. The minimum atomic E-state index is -3.13. The molecule has 1 aromatic carbocycles. The molecular weight excluding hydrogens is 530 g/mol. The van der Waals surface area contributed by atoms with Gasteiger partial charge in [0.05, 0.1) is 12.2 Å². The number of hydrogen-bond acceptors (Lipinski definition) is 6. The van der Waals surface area contributed by atoms with Crippen LogP contribution in [-0.2, 0) is 25.6 Å². The van der Waals surface area contributed by atoms with E-state index in [1.165, 1.54) is 0 Å². The maximum Gasteiger partial charge on any atom is 0.306 e. The van der Waals surface area contributed by atoms with Crippen molar-refractivity contribution >= 4 is 5.97 Å². The van der Waals surface area contributed by atoms with Gasteiger partial charge in [0, 0.05) is 25.9 Å². The first-order valence-corrected chi connectivity index (χ1v) is 15.9. The normalized spacial score (nSPS) is 26.5. The van der Waals surface area contributed by atoms with E-state index in [1.807, 2.05) is 37.3 Å². The smallest absolute Gasteiger partial charge is 0.306 e. The summed E-state index contributed by atoms with van der Waals surface area (Å²) in [7, 11) is 0. The third-order valence-electron chi connectivity index (χ3n) is 8.95. The van der Waals surface area contributed by atoms with Crippen molar-refractivity contribution in [2.75, 3.05) is 6.61 Å². The average molecular weight is 583 g/mol. The Morgan fingerprint density at radius 2 is 1.85 bits per heavy atom. The van der Waals surface area contributed by atoms with E-state index in [0.29, 0.717) is 32.3 Å². The van der Waals surface area contributed by atoms with Crippen LogP contribution in [0.2, 0.25) is 0 Å². The van der Waals surface area contributed by atoms with E-state index in [0.717, 1.165) is 56.9 Å². The zero-order valence-electron chi connectivity index (χ0n) is 25.0. The Labute approximate surface area is 245 Å². The van der Waals surface area contributed by atoms with Gasteiger partial charge in [-0.25, -0.2) is 8.78 Å². The zero-order chi connectivity index (χ0) is 29.7. The monoisotopic (exact) mass is 582 g/mol. The van der Waals surface area contributed by atoms with Crippen LogP contribution < -0.4 is 0 Å². The summed E-state index contributed by atoms with van der Waals surface area (Å²) >= 11 is 0. The summed E-state index contributed by atoms with van der Waals surface area (Å²) in [5.74, 6) is -3.68. The summed E-state index contributed by atoms with van der Waals surface area (Å²) in [6.45, 7) is 4.60. The molecule has 0 spiro atoms. The lowest BCUT2D eigenvalue weighted by Gasteiger charge is -2.32. The molecule has 1 aromatic rings. The number of hydrogen-bond donors (Lipinski definition) is 2. The van der Waals surface area contributed by atoms with Crippen molar-refractivity contribution in [3.63, 3.8) is 0 Å². The number of alkyl halides is 2. The van der Waals surface area contributed by atoms with Crippen molar-refractivity contribution in [3.05, 3.63) is 35.9 Å². The van der Waals surface area contributed by atoms with Gasteiger partial charge in [0.25, 0.3) is 5.92 Å². The Balaban J connectivity index is 1.46. The topological polar surface area (TPSA) is 85.2 Å². The number of rotatable bonds is 18. The third kappa shape index (κ3) is 11.5. The number of carbonyl (C=O) groups is 1. The Kier molecular flexibility index (Phi) is 14.5. The molecule has 0 aromatic heterocycles. The second kappa shape index (κ2) is 17.5. The van der Waals surface area contributed by atoms with E-state index < -0.39 is 18.1 Å². The number of benzene rings is 1. The molecule has 8 heteroatoms. The minimum Gasteiger partial charge on any atom is -0.461 e. The summed E-state index contributed by atoms with van der Waals surface area (Å²) in [4.78, 5) is 12.1. The highest BCUT2D eigenvalue weighted by atomic mass is 19.3. The molecule has 1 aliphatic heterocycles. The van der Waals surface area contributed by atoms with Gasteiger partial charge in [-0.15, -0.1) is 0 Å². The molecule has 6 nitrogen and oxygen atoms in total. The SMILES string of the molecule is CC[C@H](C)CC(F)(F)C(O)CC[C@H]1C(OC2CCCCO2)CC(O)C1CCCCCCC(=O)OCc1ccccc1. The van der Waals surface area contributed by atoms with Crippen LogP contribution in [0, 0.1) is 17.8 Å². The van der Waals surface area contributed by atoms with Gasteiger partial charge >= 0.3 is 5.97 Å². The number of aliphatic hydroxyl groups excluding tert-OH is 2. The molecule has 41 heavy (non-hydrogen) atoms. The van der Waals surface area contributed by atoms with E-state index in [1.54, 1.807) is 6.92 Å². The zero-order valence-corrected chi connectivity index (χ0v) is 25.0. The average Bonchev–Trinajstić information content (AvgIpc) is 3.26. The van der Waals surface area contributed by atoms with Gasteiger partial charge in [-0.3, -0.25) is 4.79 Å². The first kappa shape index (κ1) is 33.9. The van der Waals surface area contributed by atoms with Gasteiger partial charge in [0.2, 0.25) is 0 Å². The first-order chi connectivity index (χ1) is 19.7. The lowest BCUT2D eigenvalue weighted by molar-refractivity contribution is -0.197. The van der Waals surface area contributed by atoms with Gasteiger partial charge in [-0.1, -0.05) is 69.9 Å². The molecule has 1 saturated carbocycles. The lowest BCUT2D eigenvalue weighted by Crippen LogP contribution is -2.37. The van der Waals surface area contributed by atoms with Crippen molar-refractivity contribution in [1.82, 2.24) is 0 Å². The van der Waals surface area contributed by atoms with Crippen LogP contribution in [0.1, 0.15) is 109 Å². The van der Waals surface area contributed by atoms with Crippen molar-refractivity contribution in [1.29, 1.82) is 0 Å². The van der Waals surface area contributed by atoms with Crippen LogP contribution >= 0.6 is 0 Å². The molecule has 0 radical (unpaired) electrons. The number of esters is 1. The van der Waals surface area contributed by atoms with Crippen LogP contribution in [0.25, 0.3) is 0 Å². The number of unbranched alkanes of at least 4 members (excludes halogenated alkanes) is 3. The summed E-state index contributed by atoms with van der Waals surface area (Å²) < 4.78 is 46.8. The lowest BCUT2D eigenvalue weighted by atomic mass is 9.83. The van der Waals surface area contributed by atoms with Crippen molar-refractivity contribution < 1.29 is 38.0 Å².